The van der Waals surface area contributed by atoms with Crippen LogP contribution in [0.25, 0.3) is 0 Å². The molecule has 70 valence electrons. The summed E-state index contributed by atoms with van der Waals surface area (Å²) in [5, 5.41) is 0. The first-order chi connectivity index (χ1) is 6.22. The van der Waals surface area contributed by atoms with Gasteiger partial charge in [0.1, 0.15) is 12.7 Å². The van der Waals surface area contributed by atoms with Gasteiger partial charge in [0.25, 0.3) is 0 Å². The van der Waals surface area contributed by atoms with E-state index in [1.54, 1.807) is 0 Å². The van der Waals surface area contributed by atoms with Crippen LogP contribution in [0.2, 0.25) is 0 Å². The Bertz CT molecular complexity index is 246. The molecule has 1 unspecified atom stereocenters. The molecule has 1 fully saturated rings. The second kappa shape index (κ2) is 4.45. The van der Waals surface area contributed by atoms with E-state index in [0.29, 0.717) is 6.42 Å². The summed E-state index contributed by atoms with van der Waals surface area (Å²) in [5.41, 5.74) is 0. The summed E-state index contributed by atoms with van der Waals surface area (Å²) in [6.45, 7) is 3.53. The zero-order valence-corrected chi connectivity index (χ0v) is 7.06. The topological polar surface area (TPSA) is 52.6 Å². The molecule has 4 nitrogen and oxygen atoms in total. The van der Waals surface area contributed by atoms with Crippen molar-refractivity contribution < 1.29 is 19.1 Å². The zero-order valence-electron chi connectivity index (χ0n) is 7.06. The second-order valence-electron chi connectivity index (χ2n) is 2.54. The molecule has 0 bridgehead atoms. The predicted molar refractivity (Wildman–Crippen MR) is 44.8 cm³/mol. The van der Waals surface area contributed by atoms with Crippen molar-refractivity contribution in [2.75, 3.05) is 6.61 Å². The van der Waals surface area contributed by atoms with Crippen LogP contribution in [0.5, 0.6) is 0 Å². The third-order valence-electron chi connectivity index (χ3n) is 1.47. The molecule has 0 aromatic carbocycles. The maximum Gasteiger partial charge on any atom is 0.330 e. The van der Waals surface area contributed by atoms with Gasteiger partial charge in [-0.25, -0.2) is 4.79 Å². The molecule has 1 aliphatic rings. The van der Waals surface area contributed by atoms with Gasteiger partial charge >= 0.3 is 11.9 Å². The summed E-state index contributed by atoms with van der Waals surface area (Å²) < 4.78 is 9.38. The predicted octanol–water partition coefficient (Wildman–Crippen LogP) is 0.587. The lowest BCUT2D eigenvalue weighted by Crippen LogP contribution is -2.36. The highest BCUT2D eigenvalue weighted by Crippen LogP contribution is 2.12. The van der Waals surface area contributed by atoms with Crippen molar-refractivity contribution in [2.24, 2.45) is 0 Å². The van der Waals surface area contributed by atoms with Crippen LogP contribution in [0.15, 0.2) is 24.8 Å². The lowest BCUT2D eigenvalue weighted by Gasteiger charge is -2.24. The van der Waals surface area contributed by atoms with Crippen LogP contribution >= 0.6 is 0 Å². The molecule has 0 radical (unpaired) electrons. The molecule has 0 aromatic rings. The lowest BCUT2D eigenvalue weighted by atomic mass is 10.2. The van der Waals surface area contributed by atoms with Gasteiger partial charge in [0.2, 0.25) is 0 Å². The fourth-order valence-electron chi connectivity index (χ4n) is 0.825. The minimum atomic E-state index is -0.456. The van der Waals surface area contributed by atoms with Crippen LogP contribution < -0.4 is 0 Å². The highest BCUT2D eigenvalue weighted by atomic mass is 16.6. The van der Waals surface area contributed by atoms with E-state index in [9.17, 15) is 9.59 Å². The number of allylic oxidation sites excluding steroid dienone is 2. The Kier molecular flexibility index (Phi) is 3.25. The van der Waals surface area contributed by atoms with E-state index in [2.05, 4.69) is 11.3 Å². The van der Waals surface area contributed by atoms with Gasteiger partial charge in [-0.2, -0.15) is 0 Å². The number of hydrogen-bond donors (Lipinski definition) is 0. The first-order valence-corrected chi connectivity index (χ1v) is 3.87. The summed E-state index contributed by atoms with van der Waals surface area (Å²) in [6, 6.07) is 0. The van der Waals surface area contributed by atoms with Crippen LogP contribution in [0.1, 0.15) is 6.42 Å². The first-order valence-electron chi connectivity index (χ1n) is 3.87. The Morgan fingerprint density at radius 1 is 1.77 bits per heavy atom. The van der Waals surface area contributed by atoms with Crippen molar-refractivity contribution in [3.8, 4) is 0 Å². The Labute approximate surface area is 75.8 Å². The maximum absolute atomic E-state index is 10.8. The van der Waals surface area contributed by atoms with Gasteiger partial charge in [0.05, 0.1) is 6.42 Å². The normalized spacial score (nSPS) is 20.6. The molecule has 1 heterocycles. The SMILES string of the molecule is C=CC=CC(=O)OCC1CC(=O)O1. The molecule has 0 aliphatic carbocycles. The van der Waals surface area contributed by atoms with Crippen molar-refractivity contribution in [3.63, 3.8) is 0 Å². The molecule has 0 spiro atoms. The molecule has 0 amide bonds. The molecular weight excluding hydrogens is 172 g/mol. The van der Waals surface area contributed by atoms with Gasteiger partial charge in [-0.05, 0) is 0 Å². The molecule has 0 N–H and O–H groups in total. The largest absolute Gasteiger partial charge is 0.459 e. The Morgan fingerprint density at radius 2 is 2.46 bits per heavy atom. The molecular formula is C9H10O4. The molecule has 0 aromatic heterocycles. The summed E-state index contributed by atoms with van der Waals surface area (Å²) in [6.07, 6.45) is 4.29. The van der Waals surface area contributed by atoms with E-state index in [1.807, 2.05) is 0 Å². The smallest absolute Gasteiger partial charge is 0.330 e. The third-order valence-corrected chi connectivity index (χ3v) is 1.47. The average Bonchev–Trinajstić information content (AvgIpc) is 2.07. The van der Waals surface area contributed by atoms with Crippen LogP contribution in [-0.4, -0.2) is 24.6 Å². The number of carbonyl (C=O) groups excluding carboxylic acids is 2. The minimum absolute atomic E-state index is 0.131. The van der Waals surface area contributed by atoms with Gasteiger partial charge < -0.3 is 9.47 Å². The van der Waals surface area contributed by atoms with Gasteiger partial charge in [0.15, 0.2) is 0 Å². The van der Waals surface area contributed by atoms with Crippen molar-refractivity contribution in [2.45, 2.75) is 12.5 Å². The second-order valence-corrected chi connectivity index (χ2v) is 2.54. The molecule has 1 rings (SSSR count). The number of esters is 2. The van der Waals surface area contributed by atoms with E-state index >= 15 is 0 Å². The van der Waals surface area contributed by atoms with E-state index in [1.165, 1.54) is 18.2 Å². The van der Waals surface area contributed by atoms with E-state index in [0.717, 1.165) is 0 Å². The van der Waals surface area contributed by atoms with Gasteiger partial charge in [0, 0.05) is 6.08 Å². The molecule has 1 saturated heterocycles. The van der Waals surface area contributed by atoms with Crippen LogP contribution in [0, 0.1) is 0 Å². The van der Waals surface area contributed by atoms with E-state index in [-0.39, 0.29) is 18.7 Å². The lowest BCUT2D eigenvalue weighted by molar-refractivity contribution is -0.177. The first kappa shape index (κ1) is 9.51. The van der Waals surface area contributed by atoms with Gasteiger partial charge in [-0.1, -0.05) is 18.7 Å². The Hall–Kier alpha value is -1.58. The average molecular weight is 182 g/mol. The summed E-state index contributed by atoms with van der Waals surface area (Å²) in [5.74, 6) is -0.703. The summed E-state index contributed by atoms with van der Waals surface area (Å²) in [7, 11) is 0. The number of carbonyl (C=O) groups is 2. The Balaban J connectivity index is 2.12. The fourth-order valence-corrected chi connectivity index (χ4v) is 0.825. The van der Waals surface area contributed by atoms with Crippen LogP contribution in [-0.2, 0) is 19.1 Å². The number of ether oxygens (including phenoxy) is 2. The minimum Gasteiger partial charge on any atom is -0.459 e. The molecule has 1 aliphatic heterocycles. The fraction of sp³-hybridized carbons (Fsp3) is 0.333. The third kappa shape index (κ3) is 3.11. The standard InChI is InChI=1S/C9H10O4/c1-2-3-4-8(10)12-6-7-5-9(11)13-7/h2-4,7H,1,5-6H2. The highest BCUT2D eigenvalue weighted by molar-refractivity contribution is 5.82. The van der Waals surface area contributed by atoms with Gasteiger partial charge in [-0.3, -0.25) is 4.79 Å². The van der Waals surface area contributed by atoms with Crippen molar-refractivity contribution in [1.82, 2.24) is 0 Å². The van der Waals surface area contributed by atoms with Crippen molar-refractivity contribution in [3.05, 3.63) is 24.8 Å². The molecule has 4 heteroatoms. The highest BCUT2D eigenvalue weighted by Gasteiger charge is 2.29. The van der Waals surface area contributed by atoms with Gasteiger partial charge in [-0.15, -0.1) is 0 Å². The van der Waals surface area contributed by atoms with Crippen molar-refractivity contribution >= 4 is 11.9 Å². The number of cyclic esters (lactones) is 1. The number of hydrogen-bond acceptors (Lipinski definition) is 4. The summed E-state index contributed by atoms with van der Waals surface area (Å²) >= 11 is 0. The zero-order chi connectivity index (χ0) is 9.68. The number of rotatable bonds is 4. The molecule has 0 saturated carbocycles. The van der Waals surface area contributed by atoms with Crippen molar-refractivity contribution in [1.29, 1.82) is 0 Å². The van der Waals surface area contributed by atoms with Crippen LogP contribution in [0.3, 0.4) is 0 Å². The monoisotopic (exact) mass is 182 g/mol. The van der Waals surface area contributed by atoms with E-state index in [4.69, 9.17) is 4.74 Å². The van der Waals surface area contributed by atoms with Crippen LogP contribution in [0.4, 0.5) is 0 Å². The summed E-state index contributed by atoms with van der Waals surface area (Å²) in [4.78, 5) is 21.2. The van der Waals surface area contributed by atoms with E-state index < -0.39 is 5.97 Å². The maximum atomic E-state index is 10.8. The quantitative estimate of drug-likeness (QED) is 0.362. The molecule has 13 heavy (non-hydrogen) atoms. The Morgan fingerprint density at radius 3 is 3.00 bits per heavy atom. The molecule has 1 atom stereocenters.